The number of nitrogens with zero attached hydrogens (tertiary/aromatic N) is 5. The maximum absolute atomic E-state index is 12.6. The fourth-order valence-corrected chi connectivity index (χ4v) is 1.35. The molecular weight excluding hydrogens is 220 g/mol. The minimum absolute atomic E-state index is 0.188. The third-order valence-corrected chi connectivity index (χ3v) is 2.11. The van der Waals surface area contributed by atoms with Gasteiger partial charge in [-0.2, -0.15) is 5.21 Å². The van der Waals surface area contributed by atoms with E-state index in [0.29, 0.717) is 4.40 Å². The van der Waals surface area contributed by atoms with E-state index in [1.165, 1.54) is 0 Å². The number of pyridine rings is 1. The van der Waals surface area contributed by atoms with Gasteiger partial charge in [-0.1, -0.05) is 6.04 Å². The number of aryl methyl sites for hydroxylation is 1. The van der Waals surface area contributed by atoms with Gasteiger partial charge in [0.1, 0.15) is 11.2 Å². The lowest BCUT2D eigenvalue weighted by atomic mass is 10.2. The van der Waals surface area contributed by atoms with E-state index < -0.39 is 42.0 Å². The number of nitrogens with one attached hydrogen (secondary N) is 1. The van der Waals surface area contributed by atoms with E-state index >= 15 is 0 Å². The molecule has 3 heterocycles. The van der Waals surface area contributed by atoms with Crippen LogP contribution in [0.25, 0.3) is 17.0 Å². The molecule has 0 aliphatic rings. The summed E-state index contributed by atoms with van der Waals surface area (Å²) in [7, 11) is 0. The highest BCUT2D eigenvalue weighted by Crippen LogP contribution is 2.09. The first-order valence-corrected chi connectivity index (χ1v) is 4.49. The molecule has 0 amide bonds. The Balaban J connectivity index is 2.52. The maximum atomic E-state index is 12.6. The lowest BCUT2D eigenvalue weighted by Crippen LogP contribution is -2.17. The molecule has 17 heavy (non-hydrogen) atoms. The molecule has 0 unspecified atom stereocenters. The van der Waals surface area contributed by atoms with Crippen molar-refractivity contribution in [2.45, 2.75) is 6.85 Å². The van der Waals surface area contributed by atoms with Crippen molar-refractivity contribution in [2.24, 2.45) is 0 Å². The van der Waals surface area contributed by atoms with Crippen molar-refractivity contribution in [1.29, 1.82) is 0 Å². The van der Waals surface area contributed by atoms with Gasteiger partial charge in [-0.15, -0.1) is 10.2 Å². The average Bonchev–Trinajstić information content (AvgIpc) is 2.89. The summed E-state index contributed by atoms with van der Waals surface area (Å²) >= 11 is 0. The van der Waals surface area contributed by atoms with Gasteiger partial charge in [0.2, 0.25) is 5.82 Å². The Morgan fingerprint density at radius 1 is 1.59 bits per heavy atom. The first-order chi connectivity index (χ1) is 10.7. The largest absolute Gasteiger partial charge is 0.269 e. The molecule has 3 aromatic heterocycles. The van der Waals surface area contributed by atoms with Gasteiger partial charge in [0.25, 0.3) is 5.56 Å². The standard InChI is InChI=1S/C10H8N6O/c1-6-3-2-4-16-9(6)11-5-7(10(16)17)8-12-14-15-13-8/h2-5H,1H3,(H,12,13,14,15)/i1D3,3D,4D,5D. The first-order valence-electron chi connectivity index (χ1n) is 7.49. The van der Waals surface area contributed by atoms with Crippen LogP contribution in [0.15, 0.2) is 29.2 Å². The van der Waals surface area contributed by atoms with Crippen LogP contribution in [0.2, 0.25) is 0 Å². The van der Waals surface area contributed by atoms with E-state index in [-0.39, 0.29) is 11.4 Å². The number of hydrogen-bond acceptors (Lipinski definition) is 5. The van der Waals surface area contributed by atoms with Crippen LogP contribution in [0, 0.1) is 6.85 Å². The van der Waals surface area contributed by atoms with Gasteiger partial charge in [0, 0.05) is 16.5 Å². The summed E-state index contributed by atoms with van der Waals surface area (Å²) in [5.41, 5.74) is -2.13. The van der Waals surface area contributed by atoms with E-state index in [0.717, 1.165) is 6.07 Å². The Bertz CT molecular complexity index is 963. The highest BCUT2D eigenvalue weighted by molar-refractivity contribution is 5.55. The molecule has 84 valence electrons. The van der Waals surface area contributed by atoms with Gasteiger partial charge in [0.05, 0.1) is 4.11 Å². The lowest BCUT2D eigenvalue weighted by Gasteiger charge is -2.03. The Kier molecular flexibility index (Phi) is 1.06. The van der Waals surface area contributed by atoms with E-state index in [2.05, 4.69) is 25.6 Å². The second-order valence-electron chi connectivity index (χ2n) is 3.09. The predicted octanol–water partition coefficient (Wildman–Crippen LogP) is 0.183. The highest BCUT2D eigenvalue weighted by Gasteiger charge is 2.11. The molecule has 7 nitrogen and oxygen atoms in total. The molecule has 0 aromatic carbocycles. The molecule has 3 aromatic rings. The molecule has 0 aliphatic carbocycles. The third-order valence-electron chi connectivity index (χ3n) is 2.11. The molecule has 0 spiro atoms. The summed E-state index contributed by atoms with van der Waals surface area (Å²) in [5, 5.41) is 12.6. The fourth-order valence-electron chi connectivity index (χ4n) is 1.35. The minimum atomic E-state index is -2.73. The van der Waals surface area contributed by atoms with Gasteiger partial charge in [0.15, 0.2) is 0 Å². The molecule has 0 atom stereocenters. The van der Waals surface area contributed by atoms with Crippen LogP contribution in [0.3, 0.4) is 0 Å². The zero-order valence-electron chi connectivity index (χ0n) is 14.2. The molecule has 0 fully saturated rings. The van der Waals surface area contributed by atoms with E-state index in [9.17, 15) is 4.79 Å². The van der Waals surface area contributed by atoms with Crippen LogP contribution < -0.4 is 5.56 Å². The van der Waals surface area contributed by atoms with Gasteiger partial charge >= 0.3 is 0 Å². The Hall–Kier alpha value is -2.57. The first kappa shape index (κ1) is 5.17. The van der Waals surface area contributed by atoms with Crippen molar-refractivity contribution in [3.05, 3.63) is 40.4 Å². The van der Waals surface area contributed by atoms with Crippen LogP contribution in [0.4, 0.5) is 0 Å². The van der Waals surface area contributed by atoms with Crippen molar-refractivity contribution in [2.75, 3.05) is 0 Å². The predicted molar refractivity (Wildman–Crippen MR) is 59.4 cm³/mol. The highest BCUT2D eigenvalue weighted by atomic mass is 16.1. The third kappa shape index (κ3) is 1.40. The Morgan fingerprint density at radius 3 is 3.29 bits per heavy atom. The zero-order valence-corrected chi connectivity index (χ0v) is 8.22. The van der Waals surface area contributed by atoms with Crippen LogP contribution in [0.1, 0.15) is 13.8 Å². The SMILES string of the molecule is [2H]c1cc([2H])n2c(=O)c(-c3nn[nH]n3)c([2H])nc2c1C([2H])([2H])[2H]. The number of aromatic nitrogens is 6. The Morgan fingerprint density at radius 2 is 2.53 bits per heavy atom. The van der Waals surface area contributed by atoms with E-state index in [1.54, 1.807) is 0 Å². The molecule has 3 rings (SSSR count). The van der Waals surface area contributed by atoms with Gasteiger partial charge < -0.3 is 0 Å². The number of fused-ring (bicyclic) bond motifs is 1. The number of hydrogen-bond donors (Lipinski definition) is 1. The van der Waals surface area contributed by atoms with E-state index in [4.69, 9.17) is 8.22 Å². The second-order valence-corrected chi connectivity index (χ2v) is 3.09. The molecule has 7 heteroatoms. The quantitative estimate of drug-likeness (QED) is 0.649. The summed E-state index contributed by atoms with van der Waals surface area (Å²) < 4.78 is 46.6. The molecule has 0 aliphatic heterocycles. The van der Waals surface area contributed by atoms with Crippen LogP contribution >= 0.6 is 0 Å². The maximum Gasteiger partial charge on any atom is 0.269 e. The summed E-state index contributed by atoms with van der Waals surface area (Å²) in [6, 6.07) is 0.482. The molecular formula is C10H8N6O. The van der Waals surface area contributed by atoms with Gasteiger partial charge in [-0.3, -0.25) is 9.20 Å². The van der Waals surface area contributed by atoms with Crippen molar-refractivity contribution >= 4 is 5.65 Å². The molecule has 0 radical (unpaired) electrons. The summed E-state index contributed by atoms with van der Waals surface area (Å²) in [6.07, 6.45) is -0.993. The molecule has 0 bridgehead atoms. The minimum Gasteiger partial charge on any atom is -0.268 e. The van der Waals surface area contributed by atoms with Gasteiger partial charge in [-0.05, 0) is 23.7 Å². The number of tetrazole rings is 1. The number of H-pyrrole nitrogens is 1. The molecule has 1 N–H and O–H groups in total. The zero-order chi connectivity index (χ0) is 16.9. The normalized spacial score (nSPS) is 16.7. The van der Waals surface area contributed by atoms with Crippen molar-refractivity contribution < 1.29 is 8.22 Å². The smallest absolute Gasteiger partial charge is 0.268 e. The summed E-state index contributed by atoms with van der Waals surface area (Å²) in [6.45, 7) is -2.73. The van der Waals surface area contributed by atoms with Crippen molar-refractivity contribution in [3.63, 3.8) is 0 Å². The number of aromatic amines is 1. The van der Waals surface area contributed by atoms with Crippen molar-refractivity contribution in [1.82, 2.24) is 30.0 Å². The van der Waals surface area contributed by atoms with Crippen molar-refractivity contribution in [3.8, 4) is 11.4 Å². The monoisotopic (exact) mass is 234 g/mol. The second kappa shape index (κ2) is 3.48. The van der Waals surface area contributed by atoms with Crippen LogP contribution in [-0.2, 0) is 0 Å². The van der Waals surface area contributed by atoms with Gasteiger partial charge in [-0.25, -0.2) is 4.98 Å². The Labute approximate surface area is 104 Å². The van der Waals surface area contributed by atoms with Crippen LogP contribution in [0.5, 0.6) is 0 Å². The lowest BCUT2D eigenvalue weighted by molar-refractivity contribution is 0.881. The molecule has 0 saturated carbocycles. The van der Waals surface area contributed by atoms with E-state index in [1.807, 2.05) is 0 Å². The summed E-state index contributed by atoms with van der Waals surface area (Å²) in [4.78, 5) is 16.4. The molecule has 0 saturated heterocycles. The average molecular weight is 234 g/mol. The van der Waals surface area contributed by atoms with Crippen LogP contribution in [-0.4, -0.2) is 30.0 Å². The fraction of sp³-hybridized carbons (Fsp3) is 0.100. The summed E-state index contributed by atoms with van der Waals surface area (Å²) in [5.74, 6) is -0.188. The topological polar surface area (TPSA) is 88.8 Å². The number of rotatable bonds is 1.